The molecule has 1 aromatic carbocycles. The number of benzene rings is 1. The van der Waals surface area contributed by atoms with Gasteiger partial charge in [0, 0.05) is 25.3 Å². The van der Waals surface area contributed by atoms with E-state index in [0.717, 1.165) is 9.13 Å². The second-order valence-electron chi connectivity index (χ2n) is 5.76. The Balaban J connectivity index is 2.20. The van der Waals surface area contributed by atoms with Gasteiger partial charge in [0.1, 0.15) is 5.82 Å². The highest BCUT2D eigenvalue weighted by Crippen LogP contribution is 2.43. The summed E-state index contributed by atoms with van der Waals surface area (Å²) in [7, 11) is 2.76. The first-order valence-electron chi connectivity index (χ1n) is 7.18. The SMILES string of the molecule is Cn1c2c(c(=O)n(C)c1=O)[C@]1(NC(=O)N2)C(=O)Nc2ccccc21. The third-order valence-corrected chi connectivity index (χ3v) is 4.49. The third kappa shape index (κ3) is 1.48. The van der Waals surface area contributed by atoms with Crippen LogP contribution in [0.25, 0.3) is 0 Å². The Morgan fingerprint density at radius 2 is 1.67 bits per heavy atom. The molecule has 0 saturated heterocycles. The zero-order valence-electron chi connectivity index (χ0n) is 12.8. The zero-order chi connectivity index (χ0) is 17.2. The number of nitrogens with one attached hydrogen (secondary N) is 3. The van der Waals surface area contributed by atoms with E-state index in [1.165, 1.54) is 14.1 Å². The number of amides is 3. The van der Waals surface area contributed by atoms with Gasteiger partial charge in [-0.2, -0.15) is 0 Å². The average Bonchev–Trinajstić information content (AvgIpc) is 2.83. The van der Waals surface area contributed by atoms with Crippen LogP contribution >= 0.6 is 0 Å². The van der Waals surface area contributed by atoms with E-state index in [1.807, 2.05) is 0 Å². The predicted octanol–water partition coefficient (Wildman–Crippen LogP) is -0.585. The van der Waals surface area contributed by atoms with Gasteiger partial charge in [0.2, 0.25) is 0 Å². The molecule has 9 nitrogen and oxygen atoms in total. The van der Waals surface area contributed by atoms with Crippen molar-refractivity contribution in [3.05, 3.63) is 56.2 Å². The molecule has 122 valence electrons. The number of anilines is 2. The normalized spacial score (nSPS) is 20.9. The van der Waals surface area contributed by atoms with Gasteiger partial charge in [0.05, 0.1) is 5.56 Å². The second-order valence-corrected chi connectivity index (χ2v) is 5.76. The molecule has 0 bridgehead atoms. The molecule has 0 saturated carbocycles. The second kappa shape index (κ2) is 4.34. The molecule has 4 rings (SSSR count). The van der Waals surface area contributed by atoms with Gasteiger partial charge >= 0.3 is 11.7 Å². The van der Waals surface area contributed by atoms with Crippen LogP contribution in [0.3, 0.4) is 0 Å². The molecular formula is C15H13N5O4. The number of urea groups is 1. The molecule has 0 unspecified atom stereocenters. The van der Waals surface area contributed by atoms with Gasteiger partial charge in [-0.05, 0) is 6.07 Å². The van der Waals surface area contributed by atoms with Gasteiger partial charge in [-0.15, -0.1) is 0 Å². The van der Waals surface area contributed by atoms with Crippen molar-refractivity contribution >= 4 is 23.4 Å². The molecule has 0 aliphatic carbocycles. The number of rotatable bonds is 0. The molecule has 3 heterocycles. The van der Waals surface area contributed by atoms with E-state index in [4.69, 9.17) is 0 Å². The van der Waals surface area contributed by atoms with Crippen LogP contribution in [0.1, 0.15) is 11.1 Å². The van der Waals surface area contributed by atoms with Crippen LogP contribution in [0, 0.1) is 0 Å². The van der Waals surface area contributed by atoms with Crippen LogP contribution in [0.4, 0.5) is 16.3 Å². The van der Waals surface area contributed by atoms with Gasteiger partial charge in [0.25, 0.3) is 11.5 Å². The highest BCUT2D eigenvalue weighted by atomic mass is 16.2. The zero-order valence-corrected chi connectivity index (χ0v) is 12.8. The average molecular weight is 327 g/mol. The van der Waals surface area contributed by atoms with E-state index >= 15 is 0 Å². The molecule has 2 aliphatic rings. The lowest BCUT2D eigenvalue weighted by atomic mass is 9.83. The first-order chi connectivity index (χ1) is 11.4. The first kappa shape index (κ1) is 14.2. The topological polar surface area (TPSA) is 114 Å². The van der Waals surface area contributed by atoms with Gasteiger partial charge in [-0.25, -0.2) is 9.59 Å². The number of carbonyl (C=O) groups is 2. The Bertz CT molecular complexity index is 1050. The molecule has 2 aliphatic heterocycles. The lowest BCUT2D eigenvalue weighted by molar-refractivity contribution is -0.120. The minimum absolute atomic E-state index is 0.00847. The molecule has 1 spiro atoms. The van der Waals surface area contributed by atoms with Crippen LogP contribution in [0.15, 0.2) is 33.9 Å². The fraction of sp³-hybridized carbons (Fsp3) is 0.200. The maximum atomic E-state index is 12.8. The first-order valence-corrected chi connectivity index (χ1v) is 7.18. The molecule has 1 atom stereocenters. The largest absolute Gasteiger partial charge is 0.332 e. The molecule has 3 amide bonds. The van der Waals surface area contributed by atoms with Crippen LogP contribution in [-0.2, 0) is 24.4 Å². The third-order valence-electron chi connectivity index (χ3n) is 4.49. The fourth-order valence-electron chi connectivity index (χ4n) is 3.33. The van der Waals surface area contributed by atoms with E-state index in [-0.39, 0.29) is 11.4 Å². The number of hydrogen-bond donors (Lipinski definition) is 3. The summed E-state index contributed by atoms with van der Waals surface area (Å²) in [6.07, 6.45) is 0. The number of fused-ring (bicyclic) bond motifs is 4. The molecular weight excluding hydrogens is 314 g/mol. The van der Waals surface area contributed by atoms with Crippen molar-refractivity contribution in [2.24, 2.45) is 14.1 Å². The van der Waals surface area contributed by atoms with Crippen molar-refractivity contribution < 1.29 is 9.59 Å². The lowest BCUT2D eigenvalue weighted by Gasteiger charge is -2.35. The predicted molar refractivity (Wildman–Crippen MR) is 84.9 cm³/mol. The molecule has 0 radical (unpaired) electrons. The highest BCUT2D eigenvalue weighted by molar-refractivity contribution is 6.13. The summed E-state index contributed by atoms with van der Waals surface area (Å²) in [4.78, 5) is 49.9. The number of nitrogens with zero attached hydrogens (tertiary/aromatic N) is 2. The number of para-hydroxylation sites is 1. The Morgan fingerprint density at radius 1 is 0.958 bits per heavy atom. The van der Waals surface area contributed by atoms with Crippen LogP contribution < -0.4 is 27.2 Å². The Labute approximate surface area is 134 Å². The van der Waals surface area contributed by atoms with Gasteiger partial charge < -0.3 is 10.6 Å². The maximum Gasteiger partial charge on any atom is 0.332 e. The number of hydrogen-bond acceptors (Lipinski definition) is 4. The minimum atomic E-state index is -1.67. The lowest BCUT2D eigenvalue weighted by Crippen LogP contribution is -2.61. The smallest absolute Gasteiger partial charge is 0.323 e. The molecule has 2 aromatic rings. The summed E-state index contributed by atoms with van der Waals surface area (Å²) >= 11 is 0. The Hall–Kier alpha value is -3.36. The summed E-state index contributed by atoms with van der Waals surface area (Å²) < 4.78 is 2.05. The fourth-order valence-corrected chi connectivity index (χ4v) is 3.33. The molecule has 3 N–H and O–H groups in total. The summed E-state index contributed by atoms with van der Waals surface area (Å²) in [6.45, 7) is 0. The van der Waals surface area contributed by atoms with Crippen molar-refractivity contribution in [1.82, 2.24) is 14.5 Å². The minimum Gasteiger partial charge on any atom is -0.323 e. The van der Waals surface area contributed by atoms with Crippen LogP contribution in [0.2, 0.25) is 0 Å². The van der Waals surface area contributed by atoms with E-state index in [2.05, 4.69) is 16.0 Å². The Kier molecular flexibility index (Phi) is 2.58. The van der Waals surface area contributed by atoms with Crippen molar-refractivity contribution in [2.75, 3.05) is 10.6 Å². The molecule has 9 heteroatoms. The number of carbonyl (C=O) groups excluding carboxylic acids is 2. The van der Waals surface area contributed by atoms with Gasteiger partial charge in [-0.3, -0.25) is 24.0 Å². The van der Waals surface area contributed by atoms with Crippen molar-refractivity contribution in [1.29, 1.82) is 0 Å². The summed E-state index contributed by atoms with van der Waals surface area (Å²) in [5.74, 6) is -0.533. The van der Waals surface area contributed by atoms with E-state index in [0.29, 0.717) is 11.3 Å². The van der Waals surface area contributed by atoms with Crippen LogP contribution in [0.5, 0.6) is 0 Å². The Morgan fingerprint density at radius 3 is 2.42 bits per heavy atom. The highest BCUT2D eigenvalue weighted by Gasteiger charge is 2.55. The molecule has 0 fully saturated rings. The summed E-state index contributed by atoms with van der Waals surface area (Å²) in [5, 5.41) is 7.72. The monoisotopic (exact) mass is 327 g/mol. The maximum absolute atomic E-state index is 12.8. The van der Waals surface area contributed by atoms with E-state index < -0.39 is 28.7 Å². The molecule has 1 aromatic heterocycles. The summed E-state index contributed by atoms with van der Waals surface area (Å²) in [5.41, 5.74) is -1.94. The quantitative estimate of drug-likeness (QED) is 0.600. The molecule has 24 heavy (non-hydrogen) atoms. The van der Waals surface area contributed by atoms with Crippen molar-refractivity contribution in [3.8, 4) is 0 Å². The van der Waals surface area contributed by atoms with Gasteiger partial charge in [-0.1, -0.05) is 18.2 Å². The van der Waals surface area contributed by atoms with E-state index in [1.54, 1.807) is 24.3 Å². The van der Waals surface area contributed by atoms with Crippen molar-refractivity contribution in [3.63, 3.8) is 0 Å². The number of aromatic nitrogens is 2. The van der Waals surface area contributed by atoms with Crippen molar-refractivity contribution in [2.45, 2.75) is 5.54 Å². The van der Waals surface area contributed by atoms with Crippen LogP contribution in [-0.4, -0.2) is 21.1 Å². The van der Waals surface area contributed by atoms with E-state index in [9.17, 15) is 19.2 Å². The standard InChI is InChI=1S/C15H13N5O4/c1-19-10-9(11(21)20(2)14(19)24)15(18-13(23)17-10)7-5-3-4-6-8(7)16-12(15)22/h3-6H,1-2H3,(H,16,22)(H2,17,18,23)/t15-/m0/s1. The summed E-state index contributed by atoms with van der Waals surface area (Å²) in [6, 6.07) is 6.12. The van der Waals surface area contributed by atoms with Gasteiger partial charge in [0.15, 0.2) is 5.54 Å².